The predicted octanol–water partition coefficient (Wildman–Crippen LogP) is 1.07. The fourth-order valence-corrected chi connectivity index (χ4v) is 2.59. The van der Waals surface area contributed by atoms with Crippen molar-refractivity contribution in [2.24, 2.45) is 0 Å². The Kier molecular flexibility index (Phi) is 6.79. The fraction of sp³-hybridized carbons (Fsp3) is 0.625. The molecule has 0 unspecified atom stereocenters. The minimum atomic E-state index is 0.257. The average Bonchev–Trinajstić information content (AvgIpc) is 2.54. The molecule has 0 amide bonds. The van der Waals surface area contributed by atoms with E-state index in [4.69, 9.17) is 14.6 Å². The number of methoxy groups -OCH3 is 1. The van der Waals surface area contributed by atoms with E-state index in [1.807, 2.05) is 24.3 Å². The third-order valence-corrected chi connectivity index (χ3v) is 3.83. The maximum Gasteiger partial charge on any atom is 0.161 e. The highest BCUT2D eigenvalue weighted by Gasteiger charge is 2.15. The largest absolute Gasteiger partial charge is 0.493 e. The van der Waals surface area contributed by atoms with Crippen molar-refractivity contribution in [3.63, 3.8) is 0 Å². The number of para-hydroxylation sites is 2. The lowest BCUT2D eigenvalue weighted by Crippen LogP contribution is -2.47. The van der Waals surface area contributed by atoms with E-state index in [-0.39, 0.29) is 6.61 Å². The summed E-state index contributed by atoms with van der Waals surface area (Å²) in [6.07, 6.45) is 1.01. The molecule has 5 nitrogen and oxygen atoms in total. The number of β-amino-alcohol motifs (C(OH)–C–C–N with tert-alkyl or cyclic N) is 1. The highest BCUT2D eigenvalue weighted by molar-refractivity contribution is 5.39. The van der Waals surface area contributed by atoms with E-state index in [9.17, 15) is 0 Å². The summed E-state index contributed by atoms with van der Waals surface area (Å²) in [6.45, 7) is 7.07. The van der Waals surface area contributed by atoms with Gasteiger partial charge in [-0.2, -0.15) is 0 Å². The molecule has 1 aliphatic rings. The lowest BCUT2D eigenvalue weighted by Gasteiger charge is -2.34. The van der Waals surface area contributed by atoms with E-state index >= 15 is 0 Å². The molecule has 0 aliphatic carbocycles. The van der Waals surface area contributed by atoms with Gasteiger partial charge >= 0.3 is 0 Å². The summed E-state index contributed by atoms with van der Waals surface area (Å²) in [4.78, 5) is 4.77. The SMILES string of the molecule is COc1ccccc1OCCCN1CCN(CCO)CC1. The molecule has 1 aromatic rings. The summed E-state index contributed by atoms with van der Waals surface area (Å²) in [6, 6.07) is 7.75. The van der Waals surface area contributed by atoms with Gasteiger partial charge in [0, 0.05) is 39.3 Å². The van der Waals surface area contributed by atoms with Crippen molar-refractivity contribution in [1.82, 2.24) is 9.80 Å². The standard InChI is InChI=1S/C16H26N2O3/c1-20-15-5-2-3-6-16(15)21-14-4-7-17-8-10-18(11-9-17)12-13-19/h2-3,5-6,19H,4,7-14H2,1H3. The molecule has 0 saturated carbocycles. The zero-order chi connectivity index (χ0) is 14.9. The number of aliphatic hydroxyl groups excluding tert-OH is 1. The Labute approximate surface area is 127 Å². The highest BCUT2D eigenvalue weighted by atomic mass is 16.5. The molecule has 1 N–H and O–H groups in total. The zero-order valence-electron chi connectivity index (χ0n) is 12.8. The second kappa shape index (κ2) is 8.87. The first-order valence-electron chi connectivity index (χ1n) is 7.65. The van der Waals surface area contributed by atoms with Crippen LogP contribution >= 0.6 is 0 Å². The topological polar surface area (TPSA) is 45.2 Å². The van der Waals surface area contributed by atoms with Gasteiger partial charge in [-0.25, -0.2) is 0 Å². The van der Waals surface area contributed by atoms with Gasteiger partial charge in [0.15, 0.2) is 11.5 Å². The van der Waals surface area contributed by atoms with E-state index in [1.165, 1.54) is 0 Å². The summed E-state index contributed by atoms with van der Waals surface area (Å²) < 4.78 is 11.0. The number of piperazine rings is 1. The molecule has 118 valence electrons. The van der Waals surface area contributed by atoms with Crippen molar-refractivity contribution in [3.05, 3.63) is 24.3 Å². The normalized spacial score (nSPS) is 16.9. The van der Waals surface area contributed by atoms with Gasteiger partial charge in [0.1, 0.15) is 0 Å². The number of nitrogens with zero attached hydrogens (tertiary/aromatic N) is 2. The number of aliphatic hydroxyl groups is 1. The maximum atomic E-state index is 8.93. The predicted molar refractivity (Wildman–Crippen MR) is 83.1 cm³/mol. The lowest BCUT2D eigenvalue weighted by atomic mass is 10.3. The van der Waals surface area contributed by atoms with Gasteiger partial charge < -0.3 is 19.5 Å². The second-order valence-corrected chi connectivity index (χ2v) is 5.26. The van der Waals surface area contributed by atoms with Crippen LogP contribution in [0.15, 0.2) is 24.3 Å². The van der Waals surface area contributed by atoms with E-state index < -0.39 is 0 Å². The molecule has 0 radical (unpaired) electrons. The van der Waals surface area contributed by atoms with Crippen LogP contribution in [0.3, 0.4) is 0 Å². The van der Waals surface area contributed by atoms with Crippen molar-refractivity contribution in [1.29, 1.82) is 0 Å². The number of rotatable bonds is 8. The molecule has 1 aliphatic heterocycles. The summed E-state index contributed by atoms with van der Waals surface area (Å²) in [5, 5.41) is 8.93. The molecule has 2 rings (SSSR count). The smallest absolute Gasteiger partial charge is 0.161 e. The van der Waals surface area contributed by atoms with Crippen LogP contribution in [0.25, 0.3) is 0 Å². The molecular weight excluding hydrogens is 268 g/mol. The quantitative estimate of drug-likeness (QED) is 0.727. The van der Waals surface area contributed by atoms with Gasteiger partial charge in [-0.05, 0) is 18.6 Å². The molecular formula is C16H26N2O3. The van der Waals surface area contributed by atoms with Crippen LogP contribution in [0.2, 0.25) is 0 Å². The van der Waals surface area contributed by atoms with Crippen molar-refractivity contribution in [2.75, 3.05) is 59.6 Å². The Morgan fingerprint density at radius 3 is 2.24 bits per heavy atom. The molecule has 1 aromatic carbocycles. The zero-order valence-corrected chi connectivity index (χ0v) is 12.8. The first-order valence-corrected chi connectivity index (χ1v) is 7.65. The number of hydrogen-bond acceptors (Lipinski definition) is 5. The van der Waals surface area contributed by atoms with Crippen LogP contribution in [0.5, 0.6) is 11.5 Å². The maximum absolute atomic E-state index is 8.93. The number of benzene rings is 1. The van der Waals surface area contributed by atoms with E-state index in [2.05, 4.69) is 9.80 Å². The second-order valence-electron chi connectivity index (χ2n) is 5.26. The van der Waals surface area contributed by atoms with Crippen LogP contribution in [0.4, 0.5) is 0 Å². The molecule has 5 heteroatoms. The van der Waals surface area contributed by atoms with Gasteiger partial charge in [0.25, 0.3) is 0 Å². The molecule has 0 bridgehead atoms. The molecule has 21 heavy (non-hydrogen) atoms. The fourth-order valence-electron chi connectivity index (χ4n) is 2.59. The first kappa shape index (κ1) is 16.1. The monoisotopic (exact) mass is 294 g/mol. The molecule has 0 aromatic heterocycles. The van der Waals surface area contributed by atoms with Crippen molar-refractivity contribution in [3.8, 4) is 11.5 Å². The Morgan fingerprint density at radius 1 is 1.00 bits per heavy atom. The van der Waals surface area contributed by atoms with Crippen molar-refractivity contribution >= 4 is 0 Å². The summed E-state index contributed by atoms with van der Waals surface area (Å²) in [7, 11) is 1.66. The molecule has 1 saturated heterocycles. The highest BCUT2D eigenvalue weighted by Crippen LogP contribution is 2.25. The van der Waals surface area contributed by atoms with Crippen LogP contribution in [-0.2, 0) is 0 Å². The Balaban J connectivity index is 1.62. The number of hydrogen-bond donors (Lipinski definition) is 1. The van der Waals surface area contributed by atoms with Gasteiger partial charge in [-0.1, -0.05) is 12.1 Å². The molecule has 0 spiro atoms. The lowest BCUT2D eigenvalue weighted by molar-refractivity contribution is 0.108. The molecule has 1 fully saturated rings. The van der Waals surface area contributed by atoms with Gasteiger partial charge in [-0.3, -0.25) is 4.90 Å². The van der Waals surface area contributed by atoms with Gasteiger partial charge in [0.05, 0.1) is 20.3 Å². The van der Waals surface area contributed by atoms with Crippen LogP contribution < -0.4 is 9.47 Å². The first-order chi connectivity index (χ1) is 10.3. The van der Waals surface area contributed by atoms with Gasteiger partial charge in [0.2, 0.25) is 0 Å². The van der Waals surface area contributed by atoms with Crippen LogP contribution in [0, 0.1) is 0 Å². The summed E-state index contributed by atoms with van der Waals surface area (Å²) >= 11 is 0. The summed E-state index contributed by atoms with van der Waals surface area (Å²) in [5.74, 6) is 1.60. The molecule has 0 atom stereocenters. The van der Waals surface area contributed by atoms with E-state index in [0.717, 1.165) is 57.2 Å². The molecule has 1 heterocycles. The summed E-state index contributed by atoms with van der Waals surface area (Å²) in [5.41, 5.74) is 0. The Bertz CT molecular complexity index is 406. The Morgan fingerprint density at radius 2 is 1.62 bits per heavy atom. The average molecular weight is 294 g/mol. The third kappa shape index (κ3) is 5.19. The number of ether oxygens (including phenoxy) is 2. The van der Waals surface area contributed by atoms with Crippen molar-refractivity contribution in [2.45, 2.75) is 6.42 Å². The van der Waals surface area contributed by atoms with Crippen LogP contribution in [-0.4, -0.2) is 74.5 Å². The van der Waals surface area contributed by atoms with Gasteiger partial charge in [-0.15, -0.1) is 0 Å². The van der Waals surface area contributed by atoms with Crippen molar-refractivity contribution < 1.29 is 14.6 Å². The third-order valence-electron chi connectivity index (χ3n) is 3.83. The minimum Gasteiger partial charge on any atom is -0.493 e. The Hall–Kier alpha value is -1.30. The van der Waals surface area contributed by atoms with E-state index in [0.29, 0.717) is 6.61 Å². The van der Waals surface area contributed by atoms with E-state index in [1.54, 1.807) is 7.11 Å². The minimum absolute atomic E-state index is 0.257. The van der Waals surface area contributed by atoms with Crippen LogP contribution in [0.1, 0.15) is 6.42 Å².